The Kier molecular flexibility index (Phi) is 14.7. The number of amides is 2. The number of alkyl halides is 3. The van der Waals surface area contributed by atoms with E-state index in [1.807, 2.05) is 51.4 Å². The van der Waals surface area contributed by atoms with Gasteiger partial charge >= 0.3 is 17.7 Å². The molecule has 4 unspecified atom stereocenters. The first kappa shape index (κ1) is 41.6. The van der Waals surface area contributed by atoms with Crippen molar-refractivity contribution in [3.63, 3.8) is 0 Å². The molecule has 2 amide bonds. The Morgan fingerprint density at radius 1 is 1.15 bits per heavy atom. The van der Waals surface area contributed by atoms with E-state index in [0.717, 1.165) is 18.8 Å². The normalized spacial score (nSPS) is 18.4. The molecule has 0 saturated carbocycles. The lowest BCUT2D eigenvalue weighted by Crippen LogP contribution is -2.46. The fraction of sp³-hybridized carbons (Fsp3) is 0.441. The smallest absolute Gasteiger partial charge is 0.422 e. The summed E-state index contributed by atoms with van der Waals surface area (Å²) in [6.45, 7) is 9.96. The highest BCUT2D eigenvalue weighted by atomic mass is 31.2. The van der Waals surface area contributed by atoms with E-state index in [0.29, 0.717) is 16.7 Å². The Labute approximate surface area is 306 Å². The van der Waals surface area contributed by atoms with E-state index in [1.165, 1.54) is 34.3 Å². The number of halogens is 3. The molecule has 1 aliphatic heterocycles. The predicted octanol–water partition coefficient (Wildman–Crippen LogP) is 4.58. The maximum atomic E-state index is 13.2. The summed E-state index contributed by atoms with van der Waals surface area (Å²) in [7, 11) is -4.76. The summed E-state index contributed by atoms with van der Waals surface area (Å²) in [5.74, 6) is -2.78. The van der Waals surface area contributed by atoms with Crippen LogP contribution < -0.4 is 31.0 Å². The first-order chi connectivity index (χ1) is 25.2. The fourth-order valence-corrected chi connectivity index (χ4v) is 8.15. The van der Waals surface area contributed by atoms with E-state index in [2.05, 4.69) is 16.3 Å². The standard InChI is InChI=1S/C34H41F3N6O8P2/c1-6-41(7-2)27-11-8-24-16-25(32(45)50-30(24)17-27)9-10-26-12-13-28(52(47)48-21-40-33(46)34(35,36)37)18-42(26)19-31(44)39-20-49-53-43(22(3)4)23(5)29(51-53)14-15-38/h8-13,16-18,22-23,29,52H,6-7,14,19-21H2,1-5H3,(H-,39,40,44,46)/p+1. The summed E-state index contributed by atoms with van der Waals surface area (Å²) in [5, 5.41) is 14.0. The third-order valence-corrected chi connectivity index (χ3v) is 11.4. The lowest BCUT2D eigenvalue weighted by Gasteiger charge is -2.28. The van der Waals surface area contributed by atoms with Gasteiger partial charge < -0.3 is 33.5 Å². The average Bonchev–Trinajstić information content (AvgIpc) is 3.42. The Morgan fingerprint density at radius 3 is 2.55 bits per heavy atom. The number of carbonyl (C=O) groups excluding carboxylic acids is 2. The maximum absolute atomic E-state index is 13.2. The number of nitrogens with zero attached hydrogens (tertiary/aromatic N) is 4. The van der Waals surface area contributed by atoms with Gasteiger partial charge in [-0.15, -0.1) is 0 Å². The van der Waals surface area contributed by atoms with Gasteiger partial charge in [0, 0.05) is 54.5 Å². The zero-order chi connectivity index (χ0) is 38.9. The molecular formula is C34H42F3N6O8P2+. The number of fused-ring (bicyclic) bond motifs is 1. The molecule has 2 aromatic heterocycles. The second-order valence-corrected chi connectivity index (χ2v) is 14.9. The molecule has 0 bridgehead atoms. The average molecular weight is 782 g/mol. The second-order valence-electron chi connectivity index (χ2n) is 12.1. The minimum absolute atomic E-state index is 0.0413. The molecule has 19 heteroatoms. The van der Waals surface area contributed by atoms with Crippen LogP contribution >= 0.6 is 16.6 Å². The van der Waals surface area contributed by atoms with Gasteiger partial charge in [0.25, 0.3) is 14.4 Å². The van der Waals surface area contributed by atoms with Crippen LogP contribution in [0.15, 0.2) is 51.8 Å². The van der Waals surface area contributed by atoms with Crippen molar-refractivity contribution in [2.24, 2.45) is 0 Å². The number of rotatable bonds is 16. The van der Waals surface area contributed by atoms with Crippen LogP contribution in [0.3, 0.4) is 0 Å². The quantitative estimate of drug-likeness (QED) is 0.0904. The molecule has 1 aliphatic rings. The van der Waals surface area contributed by atoms with Crippen LogP contribution in [0.5, 0.6) is 0 Å². The van der Waals surface area contributed by atoms with Gasteiger partial charge in [0.15, 0.2) is 6.20 Å². The van der Waals surface area contributed by atoms with Crippen molar-refractivity contribution in [1.29, 1.82) is 5.26 Å². The van der Waals surface area contributed by atoms with Crippen molar-refractivity contribution in [3.8, 4) is 6.07 Å². The number of benzene rings is 1. The van der Waals surface area contributed by atoms with Gasteiger partial charge in [-0.05, 0) is 65.0 Å². The van der Waals surface area contributed by atoms with Crippen LogP contribution in [-0.4, -0.2) is 67.4 Å². The van der Waals surface area contributed by atoms with Crippen molar-refractivity contribution in [3.05, 3.63) is 64.3 Å². The summed E-state index contributed by atoms with van der Waals surface area (Å²) in [4.78, 5) is 39.3. The highest BCUT2D eigenvalue weighted by Crippen LogP contribution is 2.53. The minimum Gasteiger partial charge on any atom is -0.422 e. The molecule has 1 fully saturated rings. The Morgan fingerprint density at radius 2 is 1.89 bits per heavy atom. The molecule has 3 heterocycles. The Bertz CT molecular complexity index is 1930. The molecule has 0 aliphatic carbocycles. The lowest BCUT2D eigenvalue weighted by molar-refractivity contribution is -0.685. The van der Waals surface area contributed by atoms with Gasteiger partial charge in [0.05, 0.1) is 29.5 Å². The molecular weight excluding hydrogens is 739 g/mol. The number of anilines is 1. The predicted molar refractivity (Wildman–Crippen MR) is 193 cm³/mol. The van der Waals surface area contributed by atoms with Crippen LogP contribution in [0, 0.1) is 11.3 Å². The van der Waals surface area contributed by atoms with Crippen molar-refractivity contribution in [2.75, 3.05) is 31.5 Å². The molecule has 14 nitrogen and oxygen atoms in total. The first-order valence-electron chi connectivity index (χ1n) is 16.7. The molecule has 286 valence electrons. The SMILES string of the molecule is CCN(CC)c1ccc2cc(/C=C/c3ccc([PH](=O)OCNC(=O)C(F)(F)F)c[n+]3CC(=O)NCOP3OC(CC#N)C(C)N3C(C)C)c(=O)oc2c1. The monoisotopic (exact) mass is 781 g/mol. The largest absolute Gasteiger partial charge is 0.471 e. The molecule has 0 radical (unpaired) electrons. The van der Waals surface area contributed by atoms with E-state index in [9.17, 15) is 32.1 Å². The summed E-state index contributed by atoms with van der Waals surface area (Å²) >= 11 is 0. The third-order valence-electron chi connectivity index (χ3n) is 8.25. The van der Waals surface area contributed by atoms with Gasteiger partial charge in [-0.1, -0.05) is 0 Å². The molecule has 3 aromatic rings. The maximum Gasteiger partial charge on any atom is 0.471 e. The van der Waals surface area contributed by atoms with Gasteiger partial charge in [-0.2, -0.15) is 23.0 Å². The van der Waals surface area contributed by atoms with Crippen molar-refractivity contribution < 1.29 is 49.9 Å². The second kappa shape index (κ2) is 18.7. The summed E-state index contributed by atoms with van der Waals surface area (Å²) in [6, 6.07) is 12.2. The van der Waals surface area contributed by atoms with E-state index >= 15 is 0 Å². The van der Waals surface area contributed by atoms with Crippen LogP contribution in [0.2, 0.25) is 0 Å². The number of hydrogen-bond donors (Lipinski definition) is 2. The van der Waals surface area contributed by atoms with Crippen molar-refractivity contribution in [1.82, 2.24) is 15.3 Å². The molecule has 1 aromatic carbocycles. The molecule has 4 atom stereocenters. The number of pyridine rings is 1. The van der Waals surface area contributed by atoms with E-state index in [1.54, 1.807) is 18.2 Å². The summed E-state index contributed by atoms with van der Waals surface area (Å²) in [6.07, 6.45) is -0.935. The van der Waals surface area contributed by atoms with Gasteiger partial charge in [0.2, 0.25) is 20.3 Å². The number of hydrogen-bond acceptors (Lipinski definition) is 11. The van der Waals surface area contributed by atoms with E-state index in [4.69, 9.17) is 23.3 Å². The number of carbonyl (C=O) groups is 2. The zero-order valence-electron chi connectivity index (χ0n) is 29.8. The Balaban J connectivity index is 1.54. The molecule has 1 saturated heterocycles. The summed E-state index contributed by atoms with van der Waals surface area (Å²) < 4.78 is 76.3. The number of nitrogens with one attached hydrogen (secondary N) is 2. The van der Waals surface area contributed by atoms with Crippen molar-refractivity contribution >= 4 is 62.5 Å². The zero-order valence-corrected chi connectivity index (χ0v) is 31.7. The number of aromatic nitrogens is 1. The van der Waals surface area contributed by atoms with Crippen LogP contribution in [0.25, 0.3) is 23.1 Å². The van der Waals surface area contributed by atoms with Gasteiger partial charge in [-0.3, -0.25) is 14.2 Å². The third kappa shape index (κ3) is 10.9. The first-order valence-corrected chi connectivity index (χ1v) is 19.2. The van der Waals surface area contributed by atoms with E-state index < -0.39 is 46.9 Å². The molecule has 0 spiro atoms. The summed E-state index contributed by atoms with van der Waals surface area (Å²) in [5.41, 5.74) is 1.33. The van der Waals surface area contributed by atoms with Gasteiger partial charge in [0.1, 0.15) is 19.0 Å². The topological polar surface area (TPSA) is 167 Å². The van der Waals surface area contributed by atoms with Crippen LogP contribution in [0.1, 0.15) is 52.3 Å². The minimum atomic E-state index is -5.14. The highest BCUT2D eigenvalue weighted by Gasteiger charge is 2.43. The molecule has 53 heavy (non-hydrogen) atoms. The molecule has 4 rings (SSSR count). The van der Waals surface area contributed by atoms with Gasteiger partial charge in [-0.25, -0.2) is 9.46 Å². The van der Waals surface area contributed by atoms with Crippen LogP contribution in [0.4, 0.5) is 18.9 Å². The highest BCUT2D eigenvalue weighted by molar-refractivity contribution is 7.48. The number of nitriles is 1. The van der Waals surface area contributed by atoms with Crippen molar-refractivity contribution in [2.45, 2.75) is 71.9 Å². The molecule has 2 N–H and O–H groups in total. The van der Waals surface area contributed by atoms with E-state index in [-0.39, 0.29) is 48.8 Å². The lowest BCUT2D eigenvalue weighted by atomic mass is 10.1. The Hall–Kier alpha value is -4.16. The van der Waals surface area contributed by atoms with Crippen LogP contribution in [-0.2, 0) is 34.3 Å². The fourth-order valence-electron chi connectivity index (χ4n) is 5.52.